The summed E-state index contributed by atoms with van der Waals surface area (Å²) in [7, 11) is 0. The van der Waals surface area contributed by atoms with Crippen LogP contribution in [0.2, 0.25) is 0 Å². The molecule has 1 rings (SSSR count). The Hall–Kier alpha value is -2.00. The molecule has 0 aliphatic rings. The summed E-state index contributed by atoms with van der Waals surface area (Å²) in [5.41, 5.74) is 1.56. The molecule has 0 amide bonds. The molecule has 5 nitrogen and oxygen atoms in total. The van der Waals surface area contributed by atoms with Crippen LogP contribution < -0.4 is 5.32 Å². The van der Waals surface area contributed by atoms with Crippen LogP contribution in [0.15, 0.2) is 23.2 Å². The lowest BCUT2D eigenvalue weighted by Gasteiger charge is -2.04. The molecule has 0 saturated carbocycles. The summed E-state index contributed by atoms with van der Waals surface area (Å²) in [5.74, 6) is -1.000. The number of carbonyl (C=O) groups is 1. The van der Waals surface area contributed by atoms with Gasteiger partial charge in [0, 0.05) is 0 Å². The number of carboxylic acid groups (broad SMARTS) is 1. The maximum absolute atomic E-state index is 10.8. The largest absolute Gasteiger partial charge is 0.478 e. The second kappa shape index (κ2) is 5.92. The van der Waals surface area contributed by atoms with Crippen LogP contribution >= 0.6 is 11.8 Å². The van der Waals surface area contributed by atoms with E-state index in [0.29, 0.717) is 10.9 Å². The van der Waals surface area contributed by atoms with Gasteiger partial charge in [-0.15, -0.1) is 0 Å². The number of thioether (sulfide) groups is 1. The lowest BCUT2D eigenvalue weighted by atomic mass is 10.1. The number of aromatic carboxylic acids is 1. The number of aryl methyl sites for hydroxylation is 1. The fourth-order valence-electron chi connectivity index (χ4n) is 1.14. The number of nitrogens with zero attached hydrogens (tertiary/aromatic N) is 2. The fraction of sp³-hybridized carbons (Fsp3) is 0.182. The Morgan fingerprint density at radius 3 is 2.82 bits per heavy atom. The smallest absolute Gasteiger partial charge is 0.335 e. The van der Waals surface area contributed by atoms with Gasteiger partial charge in [-0.25, -0.2) is 9.79 Å². The van der Waals surface area contributed by atoms with Crippen molar-refractivity contribution in [3.8, 4) is 6.19 Å². The molecule has 0 fully saturated rings. The summed E-state index contributed by atoms with van der Waals surface area (Å²) < 4.78 is 0. The molecular weight excluding hydrogens is 238 g/mol. The van der Waals surface area contributed by atoms with E-state index in [1.54, 1.807) is 18.5 Å². The van der Waals surface area contributed by atoms with Crippen molar-refractivity contribution in [2.75, 3.05) is 6.26 Å². The van der Waals surface area contributed by atoms with Crippen LogP contribution in [-0.2, 0) is 0 Å². The number of rotatable bonds is 2. The van der Waals surface area contributed by atoms with Crippen molar-refractivity contribution in [2.45, 2.75) is 6.92 Å². The maximum atomic E-state index is 10.8. The first-order valence-electron chi connectivity index (χ1n) is 4.70. The molecule has 1 aromatic carbocycles. The van der Waals surface area contributed by atoms with Crippen LogP contribution in [0.3, 0.4) is 0 Å². The topological polar surface area (TPSA) is 85.5 Å². The number of amidine groups is 1. The van der Waals surface area contributed by atoms with Crippen LogP contribution in [0, 0.1) is 18.4 Å². The van der Waals surface area contributed by atoms with Gasteiger partial charge in [0.2, 0.25) is 0 Å². The van der Waals surface area contributed by atoms with Gasteiger partial charge in [-0.05, 0) is 30.9 Å². The average molecular weight is 249 g/mol. The van der Waals surface area contributed by atoms with Gasteiger partial charge < -0.3 is 5.11 Å². The molecule has 2 N–H and O–H groups in total. The third-order valence-electron chi connectivity index (χ3n) is 2.03. The molecule has 0 aliphatic carbocycles. The molecule has 0 aromatic heterocycles. The monoisotopic (exact) mass is 249 g/mol. The number of hydrogen-bond acceptors (Lipinski definition) is 4. The van der Waals surface area contributed by atoms with E-state index in [1.807, 2.05) is 6.92 Å². The average Bonchev–Trinajstić information content (AvgIpc) is 2.30. The van der Waals surface area contributed by atoms with E-state index >= 15 is 0 Å². The molecule has 88 valence electrons. The first-order chi connectivity index (χ1) is 8.08. The van der Waals surface area contributed by atoms with Gasteiger partial charge >= 0.3 is 5.97 Å². The molecule has 0 atom stereocenters. The van der Waals surface area contributed by atoms with Crippen molar-refractivity contribution < 1.29 is 9.90 Å². The third kappa shape index (κ3) is 3.50. The third-order valence-corrected chi connectivity index (χ3v) is 2.61. The van der Waals surface area contributed by atoms with Crippen molar-refractivity contribution in [3.63, 3.8) is 0 Å². The van der Waals surface area contributed by atoms with Gasteiger partial charge in [0.1, 0.15) is 0 Å². The van der Waals surface area contributed by atoms with E-state index < -0.39 is 5.97 Å². The maximum Gasteiger partial charge on any atom is 0.335 e. The van der Waals surface area contributed by atoms with E-state index in [1.165, 1.54) is 23.9 Å². The molecule has 0 radical (unpaired) electrons. The molecule has 0 aliphatic heterocycles. The zero-order chi connectivity index (χ0) is 12.8. The van der Waals surface area contributed by atoms with Crippen LogP contribution in [0.5, 0.6) is 0 Å². The van der Waals surface area contributed by atoms with Gasteiger partial charge in [-0.1, -0.05) is 17.8 Å². The van der Waals surface area contributed by atoms with Crippen molar-refractivity contribution in [1.82, 2.24) is 5.32 Å². The summed E-state index contributed by atoms with van der Waals surface area (Å²) in [6.07, 6.45) is 3.56. The summed E-state index contributed by atoms with van der Waals surface area (Å²) in [4.78, 5) is 15.0. The zero-order valence-electron chi connectivity index (χ0n) is 9.39. The molecule has 1 aromatic rings. The molecule has 0 saturated heterocycles. The second-order valence-electron chi connectivity index (χ2n) is 3.16. The number of nitrogens with one attached hydrogen (secondary N) is 1. The lowest BCUT2D eigenvalue weighted by Crippen LogP contribution is -2.12. The number of carboxylic acids is 1. The van der Waals surface area contributed by atoms with E-state index in [2.05, 4.69) is 10.3 Å². The predicted molar refractivity (Wildman–Crippen MR) is 67.5 cm³/mol. The number of benzene rings is 1. The van der Waals surface area contributed by atoms with E-state index in [9.17, 15) is 4.79 Å². The summed E-state index contributed by atoms with van der Waals surface area (Å²) >= 11 is 1.28. The summed E-state index contributed by atoms with van der Waals surface area (Å²) in [5, 5.41) is 20.2. The van der Waals surface area contributed by atoms with Crippen LogP contribution in [0.1, 0.15) is 15.9 Å². The highest BCUT2D eigenvalue weighted by Crippen LogP contribution is 2.21. The number of nitriles is 1. The first kappa shape index (κ1) is 13.1. The van der Waals surface area contributed by atoms with Crippen molar-refractivity contribution in [1.29, 1.82) is 5.26 Å². The lowest BCUT2D eigenvalue weighted by molar-refractivity contribution is 0.0697. The molecule has 0 unspecified atom stereocenters. The van der Waals surface area contributed by atoms with Gasteiger partial charge in [0.05, 0.1) is 11.3 Å². The normalized spacial score (nSPS) is 10.8. The fourth-order valence-corrected chi connectivity index (χ4v) is 1.48. The zero-order valence-corrected chi connectivity index (χ0v) is 10.2. The Kier molecular flexibility index (Phi) is 4.55. The Morgan fingerprint density at radius 2 is 2.29 bits per heavy atom. The van der Waals surface area contributed by atoms with E-state index in [-0.39, 0.29) is 5.56 Å². The minimum Gasteiger partial charge on any atom is -0.478 e. The van der Waals surface area contributed by atoms with Crippen molar-refractivity contribution in [2.24, 2.45) is 4.99 Å². The Labute approximate surface area is 103 Å². The van der Waals surface area contributed by atoms with Gasteiger partial charge in [0.15, 0.2) is 11.4 Å². The van der Waals surface area contributed by atoms with Gasteiger partial charge in [0.25, 0.3) is 0 Å². The quantitative estimate of drug-likeness (QED) is 0.363. The van der Waals surface area contributed by atoms with E-state index in [0.717, 1.165) is 5.56 Å². The minimum absolute atomic E-state index is 0.173. The summed E-state index contributed by atoms with van der Waals surface area (Å²) in [6, 6.07) is 4.69. The highest BCUT2D eigenvalue weighted by Gasteiger charge is 2.06. The SMILES string of the molecule is CSC(=Nc1cc(C(=O)O)ccc1C)NC#N. The highest BCUT2D eigenvalue weighted by molar-refractivity contribution is 8.13. The molecule has 0 bridgehead atoms. The Bertz CT molecular complexity index is 506. The predicted octanol–water partition coefficient (Wildman–Crippen LogP) is 2.11. The Morgan fingerprint density at radius 1 is 1.59 bits per heavy atom. The molecule has 0 heterocycles. The Balaban J connectivity index is 3.17. The van der Waals surface area contributed by atoms with Crippen LogP contribution in [-0.4, -0.2) is 22.5 Å². The standard InChI is InChI=1S/C11H11N3O2S/c1-7-3-4-8(10(15)16)5-9(7)14-11(17-2)13-6-12/h3-5H,1-2H3,(H,13,14)(H,15,16). The first-order valence-corrected chi connectivity index (χ1v) is 5.92. The highest BCUT2D eigenvalue weighted by atomic mass is 32.2. The minimum atomic E-state index is -1.000. The number of hydrogen-bond donors (Lipinski definition) is 2. The molecule has 17 heavy (non-hydrogen) atoms. The van der Waals surface area contributed by atoms with E-state index in [4.69, 9.17) is 10.4 Å². The van der Waals surface area contributed by atoms with Crippen LogP contribution in [0.4, 0.5) is 5.69 Å². The molecule has 0 spiro atoms. The second-order valence-corrected chi connectivity index (χ2v) is 3.96. The van der Waals surface area contributed by atoms with Crippen LogP contribution in [0.25, 0.3) is 0 Å². The van der Waals surface area contributed by atoms with Crippen molar-refractivity contribution >= 4 is 28.6 Å². The van der Waals surface area contributed by atoms with Gasteiger partial charge in [-0.2, -0.15) is 5.26 Å². The molecular formula is C11H11N3O2S. The summed E-state index contributed by atoms with van der Waals surface area (Å²) in [6.45, 7) is 1.83. The molecule has 6 heteroatoms. The van der Waals surface area contributed by atoms with Crippen molar-refractivity contribution in [3.05, 3.63) is 29.3 Å². The van der Waals surface area contributed by atoms with Gasteiger partial charge in [-0.3, -0.25) is 5.32 Å². The number of aliphatic imine (C=N–C) groups is 1.